The molecule has 0 unspecified atom stereocenters. The van der Waals surface area contributed by atoms with Crippen LogP contribution in [-0.2, 0) is 16.0 Å². The normalized spacial score (nSPS) is 18.1. The summed E-state index contributed by atoms with van der Waals surface area (Å²) in [6.07, 6.45) is 3.22. The number of methoxy groups -OCH3 is 2. The molecule has 0 spiro atoms. The lowest BCUT2D eigenvalue weighted by Gasteiger charge is -2.38. The van der Waals surface area contributed by atoms with Crippen LogP contribution in [0.15, 0.2) is 30.3 Å². The van der Waals surface area contributed by atoms with Crippen LogP contribution in [-0.4, -0.2) is 39.1 Å². The van der Waals surface area contributed by atoms with Crippen LogP contribution in [0.4, 0.5) is 0 Å². The Balaban J connectivity index is 1.80. The Hall–Kier alpha value is -3.02. The van der Waals surface area contributed by atoms with Gasteiger partial charge in [0.1, 0.15) is 12.0 Å². The van der Waals surface area contributed by atoms with Crippen LogP contribution < -0.4 is 14.2 Å². The van der Waals surface area contributed by atoms with Gasteiger partial charge in [-0.3, -0.25) is 9.59 Å². The molecule has 6 nitrogen and oxygen atoms in total. The number of rotatable bonds is 8. The topological polar surface area (TPSA) is 71.1 Å². The van der Waals surface area contributed by atoms with Crippen LogP contribution in [0.25, 0.3) is 11.1 Å². The van der Waals surface area contributed by atoms with Crippen LogP contribution in [0.3, 0.4) is 0 Å². The number of carbonyl (C=O) groups excluding carboxylic acids is 2. The first-order valence-corrected chi connectivity index (χ1v) is 10.5. The molecule has 0 saturated heterocycles. The average Bonchev–Trinajstić information content (AvgIpc) is 3.13. The summed E-state index contributed by atoms with van der Waals surface area (Å²) in [6, 6.07) is 8.74. The Labute approximate surface area is 186 Å². The Morgan fingerprint density at radius 2 is 1.87 bits per heavy atom. The van der Waals surface area contributed by atoms with Gasteiger partial charge >= 0.3 is 5.97 Å². The van der Waals surface area contributed by atoms with E-state index in [0.717, 1.165) is 17.5 Å². The van der Waals surface area contributed by atoms with Gasteiger partial charge in [-0.15, -0.1) is 0 Å². The summed E-state index contributed by atoms with van der Waals surface area (Å²) in [5, 5.41) is 0. The number of hydrogen-bond acceptors (Lipinski definition) is 6. The lowest BCUT2D eigenvalue weighted by Crippen LogP contribution is -2.44. The van der Waals surface area contributed by atoms with Gasteiger partial charge in [-0.2, -0.15) is 0 Å². The maximum absolute atomic E-state index is 12.7. The minimum Gasteiger partial charge on any atom is -0.493 e. The molecular formula is C25H28O6. The van der Waals surface area contributed by atoms with E-state index in [4.69, 9.17) is 23.1 Å². The Kier molecular flexibility index (Phi) is 4.90. The molecule has 0 aromatic heterocycles. The average molecular weight is 428 g/mol. The van der Waals surface area contributed by atoms with E-state index < -0.39 is 12.5 Å². The minimum absolute atomic E-state index is 0.00342. The third-order valence-corrected chi connectivity index (χ3v) is 6.27. The largest absolute Gasteiger partial charge is 0.493 e. The van der Waals surface area contributed by atoms with Gasteiger partial charge in [0.05, 0.1) is 24.9 Å². The Bertz CT molecular complexity index is 1100. The third kappa shape index (κ3) is 3.64. The summed E-state index contributed by atoms with van der Waals surface area (Å²) in [7, 11) is -1.28. The van der Waals surface area contributed by atoms with Crippen molar-refractivity contribution in [2.75, 3.05) is 27.4 Å². The first kappa shape index (κ1) is 17.6. The number of ether oxygens (including phenoxy) is 4. The molecule has 2 aliphatic carbocycles. The molecule has 1 fully saturated rings. The van der Waals surface area contributed by atoms with E-state index in [1.165, 1.54) is 13.2 Å². The van der Waals surface area contributed by atoms with Gasteiger partial charge in [0.2, 0.25) is 5.75 Å². The number of esters is 1. The van der Waals surface area contributed by atoms with E-state index in [1.54, 1.807) is 13.0 Å². The van der Waals surface area contributed by atoms with Gasteiger partial charge in [0.25, 0.3) is 0 Å². The molecule has 0 radical (unpaired) electrons. The van der Waals surface area contributed by atoms with Crippen molar-refractivity contribution in [3.63, 3.8) is 0 Å². The smallest absolute Gasteiger partial charge is 0.315 e. The van der Waals surface area contributed by atoms with Crippen LogP contribution in [0, 0.1) is 5.41 Å². The van der Waals surface area contributed by atoms with Crippen molar-refractivity contribution in [2.45, 2.75) is 39.0 Å². The maximum Gasteiger partial charge on any atom is 0.315 e. The van der Waals surface area contributed by atoms with Crippen molar-refractivity contribution in [1.82, 2.24) is 0 Å². The van der Waals surface area contributed by atoms with Gasteiger partial charge in [-0.25, -0.2) is 0 Å². The zero-order valence-corrected chi connectivity index (χ0v) is 17.8. The van der Waals surface area contributed by atoms with Gasteiger partial charge in [-0.1, -0.05) is 24.6 Å². The SMILES string of the molecule is [2H]C([2H])([2H])Oc1ccc(-c2cccc3c2CCC3=O)c(OCC2(C(=O)OCC)CCC2)c1OC. The van der Waals surface area contributed by atoms with Gasteiger partial charge < -0.3 is 18.9 Å². The first-order valence-electron chi connectivity index (χ1n) is 12.0. The predicted molar refractivity (Wildman–Crippen MR) is 116 cm³/mol. The molecule has 0 amide bonds. The van der Waals surface area contributed by atoms with Crippen molar-refractivity contribution in [3.05, 3.63) is 41.5 Å². The van der Waals surface area contributed by atoms with Gasteiger partial charge in [0.15, 0.2) is 17.3 Å². The van der Waals surface area contributed by atoms with Crippen molar-refractivity contribution in [2.24, 2.45) is 5.41 Å². The summed E-state index contributed by atoms with van der Waals surface area (Å²) in [5.74, 6) is 0.178. The second-order valence-corrected chi connectivity index (χ2v) is 7.97. The molecule has 0 atom stereocenters. The number of carbonyl (C=O) groups is 2. The summed E-state index contributed by atoms with van der Waals surface area (Å²) in [4.78, 5) is 25.0. The fraction of sp³-hybridized carbons (Fsp3) is 0.440. The van der Waals surface area contributed by atoms with Gasteiger partial charge in [0, 0.05) is 17.5 Å². The maximum atomic E-state index is 12.7. The number of Topliss-reactive ketones (excluding diaryl/α,β-unsaturated/α-hetero) is 1. The molecule has 2 aliphatic rings. The Morgan fingerprint density at radius 1 is 1.06 bits per heavy atom. The molecule has 1 saturated carbocycles. The monoisotopic (exact) mass is 427 g/mol. The van der Waals surface area contributed by atoms with Crippen LogP contribution in [0.2, 0.25) is 0 Å². The summed E-state index contributed by atoms with van der Waals surface area (Å²) >= 11 is 0. The zero-order chi connectivity index (χ0) is 24.5. The second kappa shape index (κ2) is 8.61. The second-order valence-electron chi connectivity index (χ2n) is 7.97. The van der Waals surface area contributed by atoms with E-state index in [-0.39, 0.29) is 42.2 Å². The molecule has 0 heterocycles. The fourth-order valence-electron chi connectivity index (χ4n) is 4.42. The zero-order valence-electron chi connectivity index (χ0n) is 20.8. The van der Waals surface area contributed by atoms with E-state index >= 15 is 0 Å². The highest BCUT2D eigenvalue weighted by atomic mass is 16.5. The van der Waals surface area contributed by atoms with Crippen molar-refractivity contribution >= 4 is 11.8 Å². The van der Waals surface area contributed by atoms with Crippen molar-refractivity contribution in [3.8, 4) is 28.4 Å². The van der Waals surface area contributed by atoms with Crippen molar-refractivity contribution < 1.29 is 32.6 Å². The summed E-state index contributed by atoms with van der Waals surface area (Å²) < 4.78 is 44.8. The summed E-state index contributed by atoms with van der Waals surface area (Å²) in [5.41, 5.74) is 2.27. The molecule has 164 valence electrons. The van der Waals surface area contributed by atoms with E-state index in [2.05, 4.69) is 0 Å². The standard InChI is InChI=1S/C25H28O6/c1-4-30-24(27)25(13-6-14-25)15-31-22-19(10-12-21(28-2)23(22)29-3)16-7-5-8-18-17(16)9-11-20(18)26/h5,7-8,10,12H,4,6,9,11,13-15H2,1-3H3/i2D3. The van der Waals surface area contributed by atoms with Gasteiger partial charge in [-0.05, 0) is 49.4 Å². The number of fused-ring (bicyclic) bond motifs is 1. The molecule has 0 aliphatic heterocycles. The fourth-order valence-corrected chi connectivity index (χ4v) is 4.42. The molecule has 0 N–H and O–H groups in total. The highest BCUT2D eigenvalue weighted by molar-refractivity contribution is 6.02. The quantitative estimate of drug-likeness (QED) is 0.573. The first-order chi connectivity index (χ1) is 16.2. The molecular weight excluding hydrogens is 396 g/mol. The van der Waals surface area contributed by atoms with Crippen LogP contribution in [0.5, 0.6) is 17.2 Å². The highest BCUT2D eigenvalue weighted by Crippen LogP contribution is 2.49. The van der Waals surface area contributed by atoms with E-state index in [0.29, 0.717) is 36.8 Å². The van der Waals surface area contributed by atoms with Crippen LogP contribution >= 0.6 is 0 Å². The predicted octanol–water partition coefficient (Wildman–Crippen LogP) is 4.61. The number of ketones is 1. The Morgan fingerprint density at radius 3 is 2.55 bits per heavy atom. The molecule has 2 aromatic rings. The molecule has 2 aromatic carbocycles. The number of hydrogen-bond donors (Lipinski definition) is 0. The molecule has 0 bridgehead atoms. The molecule has 31 heavy (non-hydrogen) atoms. The minimum atomic E-state index is -2.69. The third-order valence-electron chi connectivity index (χ3n) is 6.27. The van der Waals surface area contributed by atoms with Crippen LogP contribution in [0.1, 0.15) is 52.6 Å². The molecule has 6 heteroatoms. The lowest BCUT2D eigenvalue weighted by molar-refractivity contribution is -0.163. The van der Waals surface area contributed by atoms with Crippen molar-refractivity contribution in [1.29, 1.82) is 0 Å². The summed E-state index contributed by atoms with van der Waals surface area (Å²) in [6.45, 7) is 2.10. The molecule has 4 rings (SSSR count). The highest BCUT2D eigenvalue weighted by Gasteiger charge is 2.47. The van der Waals surface area contributed by atoms with E-state index in [9.17, 15) is 9.59 Å². The van der Waals surface area contributed by atoms with E-state index in [1.807, 2.05) is 18.2 Å². The lowest BCUT2D eigenvalue weighted by atomic mass is 9.69. The number of benzene rings is 2.